The van der Waals surface area contributed by atoms with Crippen LogP contribution < -0.4 is 0 Å². The molecule has 1 aromatic carbocycles. The Morgan fingerprint density at radius 1 is 1.29 bits per heavy atom. The van der Waals surface area contributed by atoms with E-state index in [1.54, 1.807) is 16.7 Å². The lowest BCUT2D eigenvalue weighted by molar-refractivity contribution is -0.147. The minimum Gasteiger partial charge on any atom is -0.370 e. The fraction of sp³-hybridized carbons (Fsp3) is 0.588. The lowest BCUT2D eigenvalue weighted by atomic mass is 9.93. The van der Waals surface area contributed by atoms with Crippen LogP contribution in [0.15, 0.2) is 24.3 Å². The van der Waals surface area contributed by atoms with Crippen LogP contribution >= 0.6 is 11.8 Å². The molecular formula is C17H22F3NO2S. The third-order valence-electron chi connectivity index (χ3n) is 4.05. The van der Waals surface area contributed by atoms with Gasteiger partial charge in [0.15, 0.2) is 0 Å². The molecule has 0 unspecified atom stereocenters. The third-order valence-corrected chi connectivity index (χ3v) is 5.06. The maximum absolute atomic E-state index is 12.7. The molecular weight excluding hydrogens is 339 g/mol. The van der Waals surface area contributed by atoms with E-state index in [1.807, 2.05) is 20.1 Å². The molecule has 3 nitrogen and oxygen atoms in total. The molecule has 0 aromatic heterocycles. The van der Waals surface area contributed by atoms with E-state index in [1.165, 1.54) is 12.1 Å². The number of alkyl halides is 3. The number of rotatable bonds is 4. The van der Waals surface area contributed by atoms with E-state index in [0.717, 1.165) is 12.1 Å². The highest BCUT2D eigenvalue weighted by Crippen LogP contribution is 2.32. The first kappa shape index (κ1) is 19.1. The monoisotopic (exact) mass is 361 g/mol. The number of nitrogens with zero attached hydrogens (tertiary/aromatic N) is 1. The number of morpholine rings is 1. The van der Waals surface area contributed by atoms with E-state index < -0.39 is 23.3 Å². The molecule has 24 heavy (non-hydrogen) atoms. The highest BCUT2D eigenvalue weighted by Gasteiger charge is 2.35. The second-order valence-electron chi connectivity index (χ2n) is 6.55. The quantitative estimate of drug-likeness (QED) is 0.812. The van der Waals surface area contributed by atoms with Crippen molar-refractivity contribution in [1.82, 2.24) is 4.90 Å². The topological polar surface area (TPSA) is 29.5 Å². The van der Waals surface area contributed by atoms with E-state index in [0.29, 0.717) is 31.0 Å². The number of thioether (sulfide) groups is 1. The van der Waals surface area contributed by atoms with E-state index in [9.17, 15) is 18.0 Å². The summed E-state index contributed by atoms with van der Waals surface area (Å²) in [6.07, 6.45) is -2.79. The molecule has 0 aliphatic carbocycles. The fourth-order valence-corrected chi connectivity index (χ4v) is 3.62. The number of halogens is 3. The molecule has 1 atom stereocenters. The van der Waals surface area contributed by atoms with Gasteiger partial charge in [0.2, 0.25) is 5.91 Å². The average Bonchev–Trinajstić information content (AvgIpc) is 2.53. The summed E-state index contributed by atoms with van der Waals surface area (Å²) in [6.45, 7) is 5.07. The summed E-state index contributed by atoms with van der Waals surface area (Å²) in [5.74, 6) is 0.769. The fourth-order valence-electron chi connectivity index (χ4n) is 2.77. The van der Waals surface area contributed by atoms with Crippen molar-refractivity contribution in [3.8, 4) is 0 Å². The van der Waals surface area contributed by atoms with Gasteiger partial charge in [0, 0.05) is 12.3 Å². The number of ether oxygens (including phenoxy) is 1. The van der Waals surface area contributed by atoms with Crippen molar-refractivity contribution in [2.75, 3.05) is 31.7 Å². The van der Waals surface area contributed by atoms with Gasteiger partial charge in [-0.05, 0) is 24.0 Å². The van der Waals surface area contributed by atoms with Gasteiger partial charge in [-0.1, -0.05) is 26.0 Å². The standard InChI is InChI=1S/C17H22F3NO2S/c1-16(2,11-24-3)15(22)21-8-9-23-14(10-21)12-4-6-13(7-5-12)17(18,19)20/h4-7,14H,8-11H2,1-3H3/t14-/m1/s1. The van der Waals surface area contributed by atoms with Crippen LogP contribution in [0.2, 0.25) is 0 Å². The molecule has 134 valence electrons. The summed E-state index contributed by atoms with van der Waals surface area (Å²) in [4.78, 5) is 14.4. The van der Waals surface area contributed by atoms with Crippen molar-refractivity contribution in [2.45, 2.75) is 26.1 Å². The molecule has 1 fully saturated rings. The zero-order valence-electron chi connectivity index (χ0n) is 14.0. The lowest BCUT2D eigenvalue weighted by Crippen LogP contribution is -2.48. The highest BCUT2D eigenvalue weighted by molar-refractivity contribution is 7.98. The second-order valence-corrected chi connectivity index (χ2v) is 7.41. The van der Waals surface area contributed by atoms with Crippen molar-refractivity contribution >= 4 is 17.7 Å². The first-order chi connectivity index (χ1) is 11.1. The molecule has 7 heteroatoms. The van der Waals surface area contributed by atoms with Crippen molar-refractivity contribution in [3.05, 3.63) is 35.4 Å². The van der Waals surface area contributed by atoms with Crippen LogP contribution in [-0.4, -0.2) is 42.5 Å². The molecule has 0 bridgehead atoms. The first-order valence-corrected chi connectivity index (χ1v) is 9.11. The van der Waals surface area contributed by atoms with Gasteiger partial charge in [0.1, 0.15) is 6.10 Å². The highest BCUT2D eigenvalue weighted by atomic mass is 32.2. The van der Waals surface area contributed by atoms with E-state index >= 15 is 0 Å². The minimum absolute atomic E-state index is 0.0528. The Morgan fingerprint density at radius 3 is 2.46 bits per heavy atom. The molecule has 1 aliphatic heterocycles. The molecule has 0 N–H and O–H groups in total. The summed E-state index contributed by atoms with van der Waals surface area (Å²) >= 11 is 1.62. The van der Waals surface area contributed by atoms with Gasteiger partial charge in [-0.25, -0.2) is 0 Å². The van der Waals surface area contributed by atoms with Gasteiger partial charge >= 0.3 is 6.18 Å². The van der Waals surface area contributed by atoms with Crippen LogP contribution in [-0.2, 0) is 15.7 Å². The Morgan fingerprint density at radius 2 is 1.92 bits per heavy atom. The van der Waals surface area contributed by atoms with Gasteiger partial charge in [-0.3, -0.25) is 4.79 Å². The number of carbonyl (C=O) groups is 1. The first-order valence-electron chi connectivity index (χ1n) is 7.72. The molecule has 1 aromatic rings. The minimum atomic E-state index is -4.35. The van der Waals surface area contributed by atoms with Crippen molar-refractivity contribution in [3.63, 3.8) is 0 Å². The van der Waals surface area contributed by atoms with Crippen molar-refractivity contribution < 1.29 is 22.7 Å². The molecule has 1 aliphatic rings. The van der Waals surface area contributed by atoms with Gasteiger partial charge in [-0.15, -0.1) is 0 Å². The number of benzene rings is 1. The van der Waals surface area contributed by atoms with Crippen LogP contribution in [0.25, 0.3) is 0 Å². The predicted octanol–water partition coefficient (Wildman–Crippen LogP) is 3.99. The molecule has 0 spiro atoms. The normalized spacial score (nSPS) is 19.4. The van der Waals surface area contributed by atoms with E-state index in [4.69, 9.17) is 4.74 Å². The van der Waals surface area contributed by atoms with Crippen LogP contribution in [0.5, 0.6) is 0 Å². The Hall–Kier alpha value is -1.21. The summed E-state index contributed by atoms with van der Waals surface area (Å²) in [5.41, 5.74) is -0.499. The summed E-state index contributed by atoms with van der Waals surface area (Å²) in [6, 6.07) is 4.96. The van der Waals surface area contributed by atoms with Gasteiger partial charge in [-0.2, -0.15) is 24.9 Å². The van der Waals surface area contributed by atoms with Crippen LogP contribution in [0.1, 0.15) is 31.1 Å². The molecule has 1 heterocycles. The van der Waals surface area contributed by atoms with Gasteiger partial charge < -0.3 is 9.64 Å². The number of amides is 1. The van der Waals surface area contributed by atoms with Crippen molar-refractivity contribution in [2.24, 2.45) is 5.41 Å². The van der Waals surface area contributed by atoms with E-state index in [-0.39, 0.29) is 5.91 Å². The van der Waals surface area contributed by atoms with Crippen LogP contribution in [0, 0.1) is 5.41 Å². The molecule has 1 amide bonds. The average molecular weight is 361 g/mol. The SMILES string of the molecule is CSCC(C)(C)C(=O)N1CCO[C@@H](c2ccc(C(F)(F)F)cc2)C1. The summed E-state index contributed by atoms with van der Waals surface area (Å²) in [7, 11) is 0. The Balaban J connectivity index is 2.09. The van der Waals surface area contributed by atoms with Gasteiger partial charge in [0.05, 0.1) is 24.1 Å². The van der Waals surface area contributed by atoms with Crippen LogP contribution in [0.4, 0.5) is 13.2 Å². The largest absolute Gasteiger partial charge is 0.416 e. The molecule has 2 rings (SSSR count). The van der Waals surface area contributed by atoms with E-state index in [2.05, 4.69) is 0 Å². The smallest absolute Gasteiger partial charge is 0.370 e. The summed E-state index contributed by atoms with van der Waals surface area (Å²) < 4.78 is 43.6. The second kappa shape index (κ2) is 7.35. The Bertz CT molecular complexity index is 572. The molecule has 0 saturated carbocycles. The Kier molecular flexibility index (Phi) is 5.86. The van der Waals surface area contributed by atoms with Crippen LogP contribution in [0.3, 0.4) is 0 Å². The molecule has 1 saturated heterocycles. The maximum atomic E-state index is 12.7. The predicted molar refractivity (Wildman–Crippen MR) is 88.9 cm³/mol. The summed E-state index contributed by atoms with van der Waals surface area (Å²) in [5, 5.41) is 0. The number of hydrogen-bond donors (Lipinski definition) is 0. The van der Waals surface area contributed by atoms with Gasteiger partial charge in [0.25, 0.3) is 0 Å². The third kappa shape index (κ3) is 4.45. The number of hydrogen-bond acceptors (Lipinski definition) is 3. The number of carbonyl (C=O) groups excluding carboxylic acids is 1. The zero-order valence-corrected chi connectivity index (χ0v) is 14.8. The molecule has 0 radical (unpaired) electrons. The maximum Gasteiger partial charge on any atom is 0.416 e. The lowest BCUT2D eigenvalue weighted by Gasteiger charge is -2.37. The Labute approximate surface area is 144 Å². The van der Waals surface area contributed by atoms with Crippen molar-refractivity contribution in [1.29, 1.82) is 0 Å². The zero-order chi connectivity index (χ0) is 18.0.